The number of benzene rings is 1. The number of hydrogen-bond donors (Lipinski definition) is 1. The zero-order valence-corrected chi connectivity index (χ0v) is 7.56. The van der Waals surface area contributed by atoms with Crippen LogP contribution in [0.3, 0.4) is 0 Å². The third-order valence-corrected chi connectivity index (χ3v) is 1.80. The van der Waals surface area contributed by atoms with Crippen LogP contribution in [-0.4, -0.2) is 13.0 Å². The highest BCUT2D eigenvalue weighted by Crippen LogP contribution is 2.25. The van der Waals surface area contributed by atoms with E-state index >= 15 is 0 Å². The number of rotatable bonds is 2. The summed E-state index contributed by atoms with van der Waals surface area (Å²) in [6, 6.07) is 2.15. The van der Waals surface area contributed by atoms with Crippen LogP contribution in [0.1, 0.15) is 10.4 Å². The van der Waals surface area contributed by atoms with E-state index in [0.29, 0.717) is 0 Å². The molecule has 1 rings (SSSR count). The average Bonchev–Trinajstić information content (AvgIpc) is 2.08. The van der Waals surface area contributed by atoms with Gasteiger partial charge in [-0.25, -0.2) is 4.39 Å². The number of primary amides is 1. The number of halogens is 2. The van der Waals surface area contributed by atoms with Gasteiger partial charge in [0.05, 0.1) is 17.7 Å². The van der Waals surface area contributed by atoms with E-state index in [9.17, 15) is 9.18 Å². The summed E-state index contributed by atoms with van der Waals surface area (Å²) in [6.07, 6.45) is 0. The minimum atomic E-state index is -0.709. The minimum Gasteiger partial charge on any atom is -0.496 e. The molecule has 13 heavy (non-hydrogen) atoms. The molecule has 0 radical (unpaired) electrons. The molecule has 70 valence electrons. The molecule has 5 heteroatoms. The summed E-state index contributed by atoms with van der Waals surface area (Å²) in [5.74, 6) is -1.28. The molecule has 0 saturated heterocycles. The Hall–Kier alpha value is -1.29. The zero-order valence-electron chi connectivity index (χ0n) is 6.80. The van der Waals surface area contributed by atoms with Gasteiger partial charge >= 0.3 is 0 Å². The summed E-state index contributed by atoms with van der Waals surface area (Å²) in [6.45, 7) is 0. The number of methoxy groups -OCH3 is 1. The van der Waals surface area contributed by atoms with Crippen LogP contribution >= 0.6 is 11.6 Å². The molecule has 1 amide bonds. The first kappa shape index (κ1) is 9.80. The van der Waals surface area contributed by atoms with Crippen LogP contribution in [0.15, 0.2) is 12.1 Å². The van der Waals surface area contributed by atoms with Gasteiger partial charge in [-0.15, -0.1) is 0 Å². The fourth-order valence-corrected chi connectivity index (χ4v) is 1.05. The van der Waals surface area contributed by atoms with Crippen molar-refractivity contribution in [3.8, 4) is 5.75 Å². The van der Waals surface area contributed by atoms with E-state index in [4.69, 9.17) is 22.1 Å². The Morgan fingerprint density at radius 3 is 2.69 bits per heavy atom. The Kier molecular flexibility index (Phi) is 2.72. The topological polar surface area (TPSA) is 52.3 Å². The maximum Gasteiger partial charge on any atom is 0.252 e. The highest BCUT2D eigenvalue weighted by molar-refractivity contribution is 6.31. The monoisotopic (exact) mass is 203 g/mol. The molecule has 2 N–H and O–H groups in total. The van der Waals surface area contributed by atoms with Gasteiger partial charge < -0.3 is 10.5 Å². The summed E-state index contributed by atoms with van der Waals surface area (Å²) < 4.78 is 17.6. The third kappa shape index (κ3) is 1.89. The van der Waals surface area contributed by atoms with Gasteiger partial charge in [-0.3, -0.25) is 4.79 Å². The normalized spacial score (nSPS) is 9.77. The number of hydrogen-bond acceptors (Lipinski definition) is 2. The van der Waals surface area contributed by atoms with Crippen molar-refractivity contribution in [3.63, 3.8) is 0 Å². The first-order valence-corrected chi connectivity index (χ1v) is 3.77. The van der Waals surface area contributed by atoms with Crippen LogP contribution in [0.5, 0.6) is 5.75 Å². The second kappa shape index (κ2) is 3.62. The number of nitrogens with two attached hydrogens (primary N) is 1. The van der Waals surface area contributed by atoms with E-state index < -0.39 is 11.7 Å². The lowest BCUT2D eigenvalue weighted by Gasteiger charge is -2.05. The number of carbonyl (C=O) groups excluding carboxylic acids is 1. The number of ether oxygens (including phenoxy) is 1. The van der Waals surface area contributed by atoms with E-state index in [1.807, 2.05) is 0 Å². The summed E-state index contributed by atoms with van der Waals surface area (Å²) in [4.78, 5) is 10.8. The molecule has 0 spiro atoms. The molecule has 0 atom stereocenters. The van der Waals surface area contributed by atoms with E-state index in [-0.39, 0.29) is 16.3 Å². The lowest BCUT2D eigenvalue weighted by molar-refractivity contribution is 0.0997. The smallest absolute Gasteiger partial charge is 0.252 e. The lowest BCUT2D eigenvalue weighted by atomic mass is 10.2. The first-order chi connectivity index (χ1) is 6.06. The van der Waals surface area contributed by atoms with Crippen molar-refractivity contribution in [1.29, 1.82) is 0 Å². The summed E-state index contributed by atoms with van der Waals surface area (Å²) in [5, 5.41) is -0.158. The number of amides is 1. The van der Waals surface area contributed by atoms with Crippen molar-refractivity contribution < 1.29 is 13.9 Å². The van der Waals surface area contributed by atoms with E-state index in [2.05, 4.69) is 0 Å². The molecule has 0 aliphatic heterocycles. The van der Waals surface area contributed by atoms with Crippen molar-refractivity contribution in [1.82, 2.24) is 0 Å². The first-order valence-electron chi connectivity index (χ1n) is 3.39. The van der Waals surface area contributed by atoms with Gasteiger partial charge in [-0.1, -0.05) is 11.6 Å². The maximum absolute atomic E-state index is 12.8. The minimum absolute atomic E-state index is 0.0638. The van der Waals surface area contributed by atoms with Crippen LogP contribution in [0.25, 0.3) is 0 Å². The lowest BCUT2D eigenvalue weighted by Crippen LogP contribution is -2.12. The molecular formula is C8H7ClFNO2. The van der Waals surface area contributed by atoms with Crippen molar-refractivity contribution >= 4 is 17.5 Å². The van der Waals surface area contributed by atoms with Crippen LogP contribution in [0.2, 0.25) is 5.02 Å². The highest BCUT2D eigenvalue weighted by Gasteiger charge is 2.12. The predicted octanol–water partition coefficient (Wildman–Crippen LogP) is 1.59. The van der Waals surface area contributed by atoms with E-state index in [1.165, 1.54) is 7.11 Å². The van der Waals surface area contributed by atoms with Crippen LogP contribution in [-0.2, 0) is 0 Å². The average molecular weight is 204 g/mol. The van der Waals surface area contributed by atoms with Crippen molar-refractivity contribution in [2.45, 2.75) is 0 Å². The summed E-state index contributed by atoms with van der Waals surface area (Å²) in [7, 11) is 1.31. The standard InChI is InChI=1S/C8H7ClFNO2/c1-13-7-3-6(10)5(9)2-4(7)8(11)12/h2-3H,1H3,(H2,11,12). The molecule has 0 saturated carbocycles. The largest absolute Gasteiger partial charge is 0.496 e. The maximum atomic E-state index is 12.8. The molecule has 1 aromatic rings. The van der Waals surface area contributed by atoms with Gasteiger partial charge in [0, 0.05) is 6.07 Å². The fraction of sp³-hybridized carbons (Fsp3) is 0.125. The van der Waals surface area contributed by atoms with Gasteiger partial charge in [0.25, 0.3) is 5.91 Å². The predicted molar refractivity (Wildman–Crippen MR) is 46.5 cm³/mol. The second-order valence-electron chi connectivity index (χ2n) is 2.33. The Morgan fingerprint density at radius 2 is 2.23 bits per heavy atom. The molecule has 0 unspecified atom stereocenters. The quantitative estimate of drug-likeness (QED) is 0.794. The Labute approximate surface area is 79.2 Å². The molecule has 3 nitrogen and oxygen atoms in total. The van der Waals surface area contributed by atoms with Crippen molar-refractivity contribution in [2.24, 2.45) is 5.73 Å². The molecule has 0 aromatic heterocycles. The van der Waals surface area contributed by atoms with E-state index in [1.54, 1.807) is 0 Å². The van der Waals surface area contributed by atoms with Crippen LogP contribution in [0.4, 0.5) is 4.39 Å². The molecule has 0 aliphatic rings. The second-order valence-corrected chi connectivity index (χ2v) is 2.74. The molecule has 0 bridgehead atoms. The van der Waals surface area contributed by atoms with Gasteiger partial charge in [0.1, 0.15) is 11.6 Å². The molecular weight excluding hydrogens is 197 g/mol. The van der Waals surface area contributed by atoms with Gasteiger partial charge in [0.15, 0.2) is 0 Å². The van der Waals surface area contributed by atoms with Crippen LogP contribution < -0.4 is 10.5 Å². The number of carbonyl (C=O) groups is 1. The zero-order chi connectivity index (χ0) is 10.0. The molecule has 0 fully saturated rings. The molecule has 1 aromatic carbocycles. The van der Waals surface area contributed by atoms with Crippen molar-refractivity contribution in [2.75, 3.05) is 7.11 Å². The highest BCUT2D eigenvalue weighted by atomic mass is 35.5. The summed E-state index contributed by atoms with van der Waals surface area (Å²) >= 11 is 5.45. The Morgan fingerprint density at radius 1 is 1.62 bits per heavy atom. The molecule has 0 aliphatic carbocycles. The van der Waals surface area contributed by atoms with Crippen LogP contribution in [0, 0.1) is 5.82 Å². The van der Waals surface area contributed by atoms with Gasteiger partial charge in [-0.2, -0.15) is 0 Å². The van der Waals surface area contributed by atoms with Crippen molar-refractivity contribution in [3.05, 3.63) is 28.5 Å². The fourth-order valence-electron chi connectivity index (χ4n) is 0.890. The SMILES string of the molecule is COc1cc(F)c(Cl)cc1C(N)=O. The third-order valence-electron chi connectivity index (χ3n) is 1.51. The van der Waals surface area contributed by atoms with Gasteiger partial charge in [0.2, 0.25) is 0 Å². The Balaban J connectivity index is 3.33. The summed E-state index contributed by atoms with van der Waals surface area (Å²) in [5.41, 5.74) is 5.07. The Bertz CT molecular complexity index is 354. The van der Waals surface area contributed by atoms with Gasteiger partial charge in [-0.05, 0) is 6.07 Å². The van der Waals surface area contributed by atoms with E-state index in [0.717, 1.165) is 12.1 Å². The molecule has 0 heterocycles.